The normalized spacial score (nSPS) is 24.4. The highest BCUT2D eigenvalue weighted by molar-refractivity contribution is 5.85. The van der Waals surface area contributed by atoms with Crippen LogP contribution in [0.5, 0.6) is 0 Å². The van der Waals surface area contributed by atoms with Gasteiger partial charge in [0, 0.05) is 27.7 Å². The standard InChI is InChI=1S/C19H28N2O12.ClH/c1-8(22)29-7-13-15(30-9(2)23)16(31-10(3)24)17(32-11(4)25)18(33-13)21-14(26)6-12(20)19(27)28-5;/h12-13,15-18H,6-7,20H2,1-5H3,(H,21,26);1H/t12-,13+,15+,16-,17+,18-;/m0./s1. The van der Waals surface area contributed by atoms with E-state index in [0.717, 1.165) is 34.8 Å². The van der Waals surface area contributed by atoms with Gasteiger partial charge in [-0.15, -0.1) is 12.4 Å². The van der Waals surface area contributed by atoms with Crippen LogP contribution in [-0.2, 0) is 57.2 Å². The maximum absolute atomic E-state index is 12.4. The lowest BCUT2D eigenvalue weighted by atomic mass is 9.97. The van der Waals surface area contributed by atoms with Crippen LogP contribution in [0.15, 0.2) is 0 Å². The largest absolute Gasteiger partial charge is 0.468 e. The Morgan fingerprint density at radius 3 is 1.82 bits per heavy atom. The van der Waals surface area contributed by atoms with Crippen LogP contribution in [0.1, 0.15) is 34.1 Å². The van der Waals surface area contributed by atoms with Gasteiger partial charge in [-0.25, -0.2) is 0 Å². The Hall–Kier alpha value is -2.97. The maximum Gasteiger partial charge on any atom is 0.323 e. The number of carbonyl (C=O) groups excluding carboxylic acids is 6. The maximum atomic E-state index is 12.4. The van der Waals surface area contributed by atoms with E-state index in [-0.39, 0.29) is 12.4 Å². The van der Waals surface area contributed by atoms with Crippen molar-refractivity contribution in [1.29, 1.82) is 0 Å². The summed E-state index contributed by atoms with van der Waals surface area (Å²) in [5.41, 5.74) is 5.58. The van der Waals surface area contributed by atoms with Crippen molar-refractivity contribution < 1.29 is 57.2 Å². The number of carbonyl (C=O) groups is 6. The summed E-state index contributed by atoms with van der Waals surface area (Å²) in [6, 6.07) is -1.29. The van der Waals surface area contributed by atoms with Gasteiger partial charge in [-0.3, -0.25) is 28.8 Å². The van der Waals surface area contributed by atoms with Crippen molar-refractivity contribution in [3.63, 3.8) is 0 Å². The molecule has 1 rings (SSSR count). The molecule has 0 aliphatic carbocycles. The Kier molecular flexibility index (Phi) is 13.1. The first-order valence-electron chi connectivity index (χ1n) is 9.78. The lowest BCUT2D eigenvalue weighted by Gasteiger charge is -2.44. The highest BCUT2D eigenvalue weighted by atomic mass is 35.5. The number of amides is 1. The Balaban J connectivity index is 0.0000109. The summed E-state index contributed by atoms with van der Waals surface area (Å²) in [4.78, 5) is 70.3. The van der Waals surface area contributed by atoms with Crippen molar-refractivity contribution in [3.8, 4) is 0 Å². The molecule has 15 heteroatoms. The van der Waals surface area contributed by atoms with E-state index in [9.17, 15) is 28.8 Å². The average molecular weight is 513 g/mol. The van der Waals surface area contributed by atoms with Crippen molar-refractivity contribution in [1.82, 2.24) is 5.32 Å². The van der Waals surface area contributed by atoms with Crippen molar-refractivity contribution in [2.45, 2.75) is 70.8 Å². The molecule has 1 fully saturated rings. The number of ether oxygens (including phenoxy) is 6. The van der Waals surface area contributed by atoms with Gasteiger partial charge >= 0.3 is 29.8 Å². The Bertz CT molecular complexity index is 776. The Labute approximate surface area is 201 Å². The molecule has 0 saturated carbocycles. The molecule has 0 aromatic heterocycles. The smallest absolute Gasteiger partial charge is 0.323 e. The molecule has 0 aromatic carbocycles. The average Bonchev–Trinajstić information content (AvgIpc) is 2.69. The summed E-state index contributed by atoms with van der Waals surface area (Å²) in [6.07, 6.45) is -7.47. The second-order valence-electron chi connectivity index (χ2n) is 7.02. The number of nitrogens with one attached hydrogen (secondary N) is 1. The fraction of sp³-hybridized carbons (Fsp3) is 0.684. The van der Waals surface area contributed by atoms with Gasteiger partial charge in [0.2, 0.25) is 5.91 Å². The van der Waals surface area contributed by atoms with Crippen LogP contribution in [-0.4, -0.2) is 86.2 Å². The second-order valence-corrected chi connectivity index (χ2v) is 7.02. The molecule has 14 nitrogen and oxygen atoms in total. The van der Waals surface area contributed by atoms with E-state index in [0.29, 0.717) is 0 Å². The van der Waals surface area contributed by atoms with Crippen LogP contribution in [0, 0.1) is 0 Å². The minimum Gasteiger partial charge on any atom is -0.468 e. The molecule has 6 atom stereocenters. The molecular formula is C19H29ClN2O12. The molecule has 0 radical (unpaired) electrons. The molecule has 0 aromatic rings. The quantitative estimate of drug-likeness (QED) is 0.267. The van der Waals surface area contributed by atoms with E-state index in [4.69, 9.17) is 29.4 Å². The van der Waals surface area contributed by atoms with Crippen molar-refractivity contribution >= 4 is 48.2 Å². The molecule has 1 heterocycles. The van der Waals surface area contributed by atoms with Crippen LogP contribution in [0.4, 0.5) is 0 Å². The Morgan fingerprint density at radius 2 is 1.35 bits per heavy atom. The summed E-state index contributed by atoms with van der Waals surface area (Å²) in [5, 5.41) is 2.38. The predicted octanol–water partition coefficient (Wildman–Crippen LogP) is -1.50. The van der Waals surface area contributed by atoms with Gasteiger partial charge in [-0.1, -0.05) is 0 Å². The van der Waals surface area contributed by atoms with Gasteiger partial charge in [-0.2, -0.15) is 0 Å². The third-order valence-electron chi connectivity index (χ3n) is 4.20. The molecule has 1 amide bonds. The second kappa shape index (κ2) is 14.3. The van der Waals surface area contributed by atoms with Crippen molar-refractivity contribution in [3.05, 3.63) is 0 Å². The van der Waals surface area contributed by atoms with E-state index < -0.39 is 85.5 Å². The van der Waals surface area contributed by atoms with Crippen LogP contribution < -0.4 is 11.1 Å². The first-order valence-corrected chi connectivity index (χ1v) is 9.78. The third-order valence-corrected chi connectivity index (χ3v) is 4.20. The lowest BCUT2D eigenvalue weighted by molar-refractivity contribution is -0.257. The zero-order chi connectivity index (χ0) is 25.3. The fourth-order valence-corrected chi connectivity index (χ4v) is 3.00. The summed E-state index contributed by atoms with van der Waals surface area (Å²) in [6.45, 7) is 3.88. The van der Waals surface area contributed by atoms with Gasteiger partial charge in [-0.05, 0) is 0 Å². The number of hydrogen-bond donors (Lipinski definition) is 2. The first kappa shape index (κ1) is 31.0. The van der Waals surface area contributed by atoms with Crippen LogP contribution in [0.25, 0.3) is 0 Å². The van der Waals surface area contributed by atoms with Crippen LogP contribution >= 0.6 is 12.4 Å². The Morgan fingerprint density at radius 1 is 0.853 bits per heavy atom. The first-order chi connectivity index (χ1) is 15.3. The van der Waals surface area contributed by atoms with Gasteiger partial charge in [0.15, 0.2) is 24.5 Å². The van der Waals surface area contributed by atoms with E-state index in [1.807, 2.05) is 0 Å². The fourth-order valence-electron chi connectivity index (χ4n) is 3.00. The van der Waals surface area contributed by atoms with Crippen molar-refractivity contribution in [2.24, 2.45) is 5.73 Å². The topological polar surface area (TPSA) is 196 Å². The minimum absolute atomic E-state index is 0. The van der Waals surface area contributed by atoms with Gasteiger partial charge < -0.3 is 39.5 Å². The van der Waals surface area contributed by atoms with Crippen LogP contribution in [0.3, 0.4) is 0 Å². The molecule has 1 aliphatic rings. The molecule has 0 unspecified atom stereocenters. The number of hydrogen-bond acceptors (Lipinski definition) is 13. The molecule has 34 heavy (non-hydrogen) atoms. The molecule has 3 N–H and O–H groups in total. The van der Waals surface area contributed by atoms with E-state index in [2.05, 4.69) is 10.1 Å². The van der Waals surface area contributed by atoms with Crippen LogP contribution in [0.2, 0.25) is 0 Å². The number of nitrogens with two attached hydrogens (primary N) is 1. The molecule has 0 spiro atoms. The predicted molar refractivity (Wildman–Crippen MR) is 112 cm³/mol. The highest BCUT2D eigenvalue weighted by Crippen LogP contribution is 2.28. The molecule has 194 valence electrons. The molecular weight excluding hydrogens is 484 g/mol. The van der Waals surface area contributed by atoms with E-state index in [1.165, 1.54) is 0 Å². The zero-order valence-electron chi connectivity index (χ0n) is 19.3. The third kappa shape index (κ3) is 9.89. The van der Waals surface area contributed by atoms with Gasteiger partial charge in [0.05, 0.1) is 13.5 Å². The molecule has 1 saturated heterocycles. The zero-order valence-corrected chi connectivity index (χ0v) is 20.1. The lowest BCUT2D eigenvalue weighted by Crippen LogP contribution is -2.66. The van der Waals surface area contributed by atoms with Gasteiger partial charge in [0.1, 0.15) is 18.8 Å². The summed E-state index contributed by atoms with van der Waals surface area (Å²) in [7, 11) is 1.10. The summed E-state index contributed by atoms with van der Waals surface area (Å²) in [5.74, 6) is -4.76. The molecule has 0 bridgehead atoms. The number of halogens is 1. The number of methoxy groups -OCH3 is 1. The van der Waals surface area contributed by atoms with E-state index in [1.54, 1.807) is 0 Å². The van der Waals surface area contributed by atoms with Gasteiger partial charge in [0.25, 0.3) is 0 Å². The minimum atomic E-state index is -1.47. The van der Waals surface area contributed by atoms with Crippen molar-refractivity contribution in [2.75, 3.05) is 13.7 Å². The molecule has 1 aliphatic heterocycles. The highest BCUT2D eigenvalue weighted by Gasteiger charge is 2.52. The number of esters is 5. The monoisotopic (exact) mass is 512 g/mol. The SMILES string of the molecule is COC(=O)[C@@H](N)CC(=O)N[C@H]1O[C@H](COC(C)=O)[C@@H](OC(C)=O)[C@H](OC(C)=O)[C@H]1OC(C)=O.Cl. The number of rotatable bonds is 9. The van der Waals surface area contributed by atoms with E-state index >= 15 is 0 Å². The summed E-state index contributed by atoms with van der Waals surface area (Å²) < 4.78 is 30.7. The summed E-state index contributed by atoms with van der Waals surface area (Å²) >= 11 is 0.